The maximum Gasteiger partial charge on any atom is 0.334 e. The lowest BCUT2D eigenvalue weighted by Crippen LogP contribution is -2.70. The maximum atomic E-state index is 12.9. The fourth-order valence-electron chi connectivity index (χ4n) is 4.30. The van der Waals surface area contributed by atoms with Gasteiger partial charge in [-0.15, -0.1) is 0 Å². The standard InChI is InChI=1S/C16H20O6/c1-8-6-11-9-7-10(14(18)19-3)12(15(11,2)22-8)16(20-4,21-5)13(9)17/h6-7,9,11-12H,1-5H3. The third-order valence-electron chi connectivity index (χ3n) is 5.14. The Labute approximate surface area is 129 Å². The largest absolute Gasteiger partial charge is 0.491 e. The highest BCUT2D eigenvalue weighted by Gasteiger charge is 2.72. The van der Waals surface area contributed by atoms with Gasteiger partial charge in [0.25, 0.3) is 0 Å². The van der Waals surface area contributed by atoms with Gasteiger partial charge in [0.05, 0.1) is 24.7 Å². The molecule has 0 radical (unpaired) electrons. The second-order valence-electron chi connectivity index (χ2n) is 6.10. The monoisotopic (exact) mass is 308 g/mol. The summed E-state index contributed by atoms with van der Waals surface area (Å²) in [6, 6.07) is 0. The topological polar surface area (TPSA) is 71.1 Å². The first-order valence-corrected chi connectivity index (χ1v) is 7.17. The Kier molecular flexibility index (Phi) is 3.23. The molecule has 0 aromatic heterocycles. The summed E-state index contributed by atoms with van der Waals surface area (Å²) < 4.78 is 21.9. The van der Waals surface area contributed by atoms with Gasteiger partial charge in [0.2, 0.25) is 5.79 Å². The van der Waals surface area contributed by atoms with Crippen LogP contribution in [0.25, 0.3) is 0 Å². The number of carbonyl (C=O) groups is 2. The van der Waals surface area contributed by atoms with Crippen molar-refractivity contribution >= 4 is 11.8 Å². The molecule has 120 valence electrons. The molecule has 4 atom stereocenters. The van der Waals surface area contributed by atoms with Gasteiger partial charge in [0, 0.05) is 25.7 Å². The Hall–Kier alpha value is -1.66. The number of ether oxygens (including phenoxy) is 4. The molecule has 0 aromatic rings. The van der Waals surface area contributed by atoms with E-state index in [4.69, 9.17) is 18.9 Å². The molecule has 1 saturated carbocycles. The number of carbonyl (C=O) groups excluding carboxylic acids is 2. The van der Waals surface area contributed by atoms with Crippen molar-refractivity contribution < 1.29 is 28.5 Å². The summed E-state index contributed by atoms with van der Waals surface area (Å²) >= 11 is 0. The van der Waals surface area contributed by atoms with E-state index < -0.39 is 29.2 Å². The Morgan fingerprint density at radius 1 is 1.23 bits per heavy atom. The van der Waals surface area contributed by atoms with Gasteiger partial charge in [-0.2, -0.15) is 0 Å². The molecule has 4 unspecified atom stereocenters. The van der Waals surface area contributed by atoms with Crippen LogP contribution in [0, 0.1) is 17.8 Å². The van der Waals surface area contributed by atoms with Gasteiger partial charge in [0.1, 0.15) is 5.60 Å². The second-order valence-corrected chi connectivity index (χ2v) is 6.10. The average molecular weight is 308 g/mol. The zero-order valence-corrected chi connectivity index (χ0v) is 13.3. The molecular weight excluding hydrogens is 288 g/mol. The first kappa shape index (κ1) is 15.2. The van der Waals surface area contributed by atoms with Gasteiger partial charge in [-0.3, -0.25) is 4.79 Å². The number of hydrogen-bond acceptors (Lipinski definition) is 6. The molecule has 3 aliphatic carbocycles. The second kappa shape index (κ2) is 4.67. The van der Waals surface area contributed by atoms with Crippen LogP contribution in [0.2, 0.25) is 0 Å². The summed E-state index contributed by atoms with van der Waals surface area (Å²) in [5.41, 5.74) is -0.412. The fraction of sp³-hybridized carbons (Fsp3) is 0.625. The van der Waals surface area contributed by atoms with Gasteiger partial charge in [-0.1, -0.05) is 6.08 Å². The zero-order valence-electron chi connectivity index (χ0n) is 13.3. The Morgan fingerprint density at radius 2 is 1.86 bits per heavy atom. The minimum Gasteiger partial charge on any atom is -0.491 e. The summed E-state index contributed by atoms with van der Waals surface area (Å²) in [5, 5.41) is 0. The third kappa shape index (κ3) is 1.57. The molecule has 4 rings (SSSR count). The molecule has 1 fully saturated rings. The van der Waals surface area contributed by atoms with Crippen LogP contribution in [0.3, 0.4) is 0 Å². The number of allylic oxidation sites excluding steroid dienone is 2. The number of fused-ring (bicyclic) bond motifs is 1. The number of hydrogen-bond donors (Lipinski definition) is 0. The smallest absolute Gasteiger partial charge is 0.334 e. The number of esters is 1. The fourth-order valence-corrected chi connectivity index (χ4v) is 4.30. The first-order chi connectivity index (χ1) is 10.4. The number of methoxy groups -OCH3 is 3. The first-order valence-electron chi connectivity index (χ1n) is 7.17. The minimum absolute atomic E-state index is 0.142. The number of ketones is 1. The highest BCUT2D eigenvalue weighted by atomic mass is 16.7. The minimum atomic E-state index is -1.54. The maximum absolute atomic E-state index is 12.9. The van der Waals surface area contributed by atoms with E-state index in [9.17, 15) is 9.59 Å². The molecule has 0 aromatic carbocycles. The predicted octanol–water partition coefficient (Wildman–Crippen LogP) is 1.21. The Balaban J connectivity index is 2.22. The van der Waals surface area contributed by atoms with Crippen molar-refractivity contribution in [3.8, 4) is 0 Å². The summed E-state index contributed by atoms with van der Waals surface area (Å²) in [5.74, 6) is -2.86. The van der Waals surface area contributed by atoms with Crippen LogP contribution in [-0.2, 0) is 28.5 Å². The van der Waals surface area contributed by atoms with Crippen LogP contribution < -0.4 is 0 Å². The highest BCUT2D eigenvalue weighted by molar-refractivity contribution is 6.01. The molecule has 6 nitrogen and oxygen atoms in total. The van der Waals surface area contributed by atoms with Crippen molar-refractivity contribution in [2.75, 3.05) is 21.3 Å². The van der Waals surface area contributed by atoms with E-state index in [-0.39, 0.29) is 11.7 Å². The predicted molar refractivity (Wildman–Crippen MR) is 75.6 cm³/mol. The van der Waals surface area contributed by atoms with Crippen LogP contribution in [-0.4, -0.2) is 44.5 Å². The van der Waals surface area contributed by atoms with Gasteiger partial charge in [-0.05, 0) is 19.9 Å². The van der Waals surface area contributed by atoms with Crippen LogP contribution in [0.15, 0.2) is 23.5 Å². The lowest BCUT2D eigenvalue weighted by molar-refractivity contribution is -0.273. The molecule has 0 spiro atoms. The van der Waals surface area contributed by atoms with Crippen LogP contribution in [0.4, 0.5) is 0 Å². The van der Waals surface area contributed by atoms with Crippen molar-refractivity contribution in [3.63, 3.8) is 0 Å². The number of Topliss-reactive ketones (excluding diaryl/α,β-unsaturated/α-hetero) is 1. The molecule has 22 heavy (non-hydrogen) atoms. The summed E-state index contributed by atoms with van der Waals surface area (Å²) in [7, 11) is 4.13. The van der Waals surface area contributed by atoms with E-state index in [0.717, 1.165) is 5.76 Å². The molecule has 0 N–H and O–H groups in total. The summed E-state index contributed by atoms with van der Waals surface area (Å²) in [4.78, 5) is 25.1. The molecule has 1 heterocycles. The van der Waals surface area contributed by atoms with E-state index in [2.05, 4.69) is 0 Å². The third-order valence-corrected chi connectivity index (χ3v) is 5.14. The zero-order chi connectivity index (χ0) is 16.3. The van der Waals surface area contributed by atoms with Gasteiger partial charge in [-0.25, -0.2) is 4.79 Å². The number of rotatable bonds is 3. The van der Waals surface area contributed by atoms with E-state index in [1.165, 1.54) is 21.3 Å². The Morgan fingerprint density at radius 3 is 2.41 bits per heavy atom. The molecule has 6 heteroatoms. The lowest BCUT2D eigenvalue weighted by Gasteiger charge is -2.56. The highest BCUT2D eigenvalue weighted by Crippen LogP contribution is 2.59. The van der Waals surface area contributed by atoms with Crippen LogP contribution in [0.5, 0.6) is 0 Å². The van der Waals surface area contributed by atoms with Crippen molar-refractivity contribution in [1.82, 2.24) is 0 Å². The molecule has 2 bridgehead atoms. The van der Waals surface area contributed by atoms with Gasteiger partial charge < -0.3 is 18.9 Å². The van der Waals surface area contributed by atoms with E-state index >= 15 is 0 Å². The molecule has 4 aliphatic rings. The molecule has 0 amide bonds. The quantitative estimate of drug-likeness (QED) is 0.576. The van der Waals surface area contributed by atoms with Gasteiger partial charge in [0.15, 0.2) is 5.78 Å². The average Bonchev–Trinajstić information content (AvgIpc) is 2.83. The van der Waals surface area contributed by atoms with Crippen molar-refractivity contribution in [2.45, 2.75) is 25.2 Å². The van der Waals surface area contributed by atoms with E-state index in [0.29, 0.717) is 5.57 Å². The lowest BCUT2D eigenvalue weighted by atomic mass is 9.54. The van der Waals surface area contributed by atoms with E-state index in [1.54, 1.807) is 6.08 Å². The van der Waals surface area contributed by atoms with Crippen molar-refractivity contribution in [2.24, 2.45) is 17.8 Å². The van der Waals surface area contributed by atoms with Crippen molar-refractivity contribution in [3.05, 3.63) is 23.5 Å². The van der Waals surface area contributed by atoms with E-state index in [1.807, 2.05) is 19.9 Å². The Bertz CT molecular complexity index is 600. The summed E-state index contributed by atoms with van der Waals surface area (Å²) in [6.07, 6.45) is 3.62. The van der Waals surface area contributed by atoms with Crippen LogP contribution >= 0.6 is 0 Å². The molecule has 0 saturated heterocycles. The van der Waals surface area contributed by atoms with Gasteiger partial charge >= 0.3 is 5.97 Å². The SMILES string of the molecule is COC(=O)C1=CC2C(=O)C(OC)(OC)C1C1(C)OC(C)=CC21. The van der Waals surface area contributed by atoms with Crippen molar-refractivity contribution in [1.29, 1.82) is 0 Å². The molecule has 1 aliphatic heterocycles. The normalized spacial score (nSPS) is 38.0. The summed E-state index contributed by atoms with van der Waals surface area (Å²) in [6.45, 7) is 3.73. The van der Waals surface area contributed by atoms with Crippen LogP contribution in [0.1, 0.15) is 13.8 Å². The molecular formula is C16H20O6.